The predicted molar refractivity (Wildman–Crippen MR) is 29.7 cm³/mol. The van der Waals surface area contributed by atoms with Crippen molar-refractivity contribution in [3.63, 3.8) is 0 Å². The van der Waals surface area contributed by atoms with E-state index in [4.69, 9.17) is 4.11 Å². The van der Waals surface area contributed by atoms with Crippen LogP contribution in [-0.2, 0) is 0 Å². The molecule has 0 amide bonds. The van der Waals surface area contributed by atoms with E-state index in [1.807, 2.05) is 13.8 Å². The topological polar surface area (TPSA) is 0 Å². The van der Waals surface area contributed by atoms with Gasteiger partial charge >= 0.3 is 0 Å². The molecule has 0 aromatic carbocycles. The monoisotopic (exact) mass is 89.1 g/mol. The molecule has 0 nitrogen and oxygen atoms in total. The molecule has 6 heavy (non-hydrogen) atoms. The highest BCUT2D eigenvalue weighted by Gasteiger charge is 1.95. The zero-order valence-corrected chi connectivity index (χ0v) is 4.65. The Labute approximate surface area is 44.8 Å². The highest BCUT2D eigenvalue weighted by Crippen LogP contribution is 2.05. The molecule has 0 aliphatic rings. The van der Waals surface area contributed by atoms with Crippen LogP contribution in [0.2, 0.25) is 0 Å². The summed E-state index contributed by atoms with van der Waals surface area (Å²) in [4.78, 5) is 0. The largest absolute Gasteiger partial charge is 0.0625 e. The summed E-state index contributed by atoms with van der Waals surface area (Å²) in [6.45, 7) is 3.85. The SMILES string of the molecule is [2H]C([2H])([2H])C(C)C(C)C. The molecule has 1 atom stereocenters. The summed E-state index contributed by atoms with van der Waals surface area (Å²) < 4.78 is 21.0. The average molecular weight is 89.2 g/mol. The van der Waals surface area contributed by atoms with Gasteiger partial charge in [-0.2, -0.15) is 0 Å². The molecule has 0 heterocycles. The molecule has 0 fully saturated rings. The molecule has 0 aromatic heterocycles. The summed E-state index contributed by atoms with van der Waals surface area (Å²) in [6.07, 6.45) is 0. The van der Waals surface area contributed by atoms with Crippen molar-refractivity contribution in [2.75, 3.05) is 0 Å². The zero-order valence-electron chi connectivity index (χ0n) is 7.65. The van der Waals surface area contributed by atoms with Crippen molar-refractivity contribution in [1.29, 1.82) is 0 Å². The van der Waals surface area contributed by atoms with E-state index in [-0.39, 0.29) is 11.8 Å². The Hall–Kier alpha value is 0. The summed E-state index contributed by atoms with van der Waals surface area (Å²) in [5, 5.41) is 0. The van der Waals surface area contributed by atoms with Crippen LogP contribution in [0.3, 0.4) is 0 Å². The van der Waals surface area contributed by atoms with Crippen LogP contribution in [0.15, 0.2) is 0 Å². The van der Waals surface area contributed by atoms with E-state index in [1.54, 1.807) is 6.92 Å². The molecule has 38 valence electrons. The zero-order chi connectivity index (χ0) is 7.65. The molecular weight excluding hydrogens is 72.1 g/mol. The lowest BCUT2D eigenvalue weighted by molar-refractivity contribution is 0.457. The number of hydrogen-bond donors (Lipinski definition) is 0. The van der Waals surface area contributed by atoms with Gasteiger partial charge in [0.2, 0.25) is 0 Å². The van der Waals surface area contributed by atoms with Gasteiger partial charge < -0.3 is 0 Å². The van der Waals surface area contributed by atoms with Gasteiger partial charge in [-0.05, 0) is 11.8 Å². The number of rotatable bonds is 1. The second kappa shape index (κ2) is 2.22. The predicted octanol–water partition coefficient (Wildman–Crippen LogP) is 2.30. The Morgan fingerprint density at radius 1 is 1.17 bits per heavy atom. The molecule has 0 aromatic rings. The van der Waals surface area contributed by atoms with Crippen molar-refractivity contribution >= 4 is 0 Å². The molecule has 0 saturated heterocycles. The van der Waals surface area contributed by atoms with E-state index in [1.165, 1.54) is 0 Å². The van der Waals surface area contributed by atoms with Crippen LogP contribution in [0, 0.1) is 11.8 Å². The lowest BCUT2D eigenvalue weighted by Gasteiger charge is -2.05. The Morgan fingerprint density at radius 3 is 1.67 bits per heavy atom. The molecule has 0 radical (unpaired) electrons. The maximum Gasteiger partial charge on any atom is 0.0233 e. The minimum Gasteiger partial charge on any atom is -0.0625 e. The second-order valence-corrected chi connectivity index (χ2v) is 2.03. The van der Waals surface area contributed by atoms with Gasteiger partial charge in [-0.1, -0.05) is 27.6 Å². The number of hydrogen-bond acceptors (Lipinski definition) is 0. The lowest BCUT2D eigenvalue weighted by atomic mass is 10.0. The maximum absolute atomic E-state index is 7.00. The molecule has 0 spiro atoms. The minimum absolute atomic E-state index is 0.183. The first-order valence-corrected chi connectivity index (χ1v) is 2.35. The van der Waals surface area contributed by atoms with Crippen LogP contribution in [0.25, 0.3) is 0 Å². The third-order valence-electron chi connectivity index (χ3n) is 1.00. The van der Waals surface area contributed by atoms with Crippen molar-refractivity contribution in [2.45, 2.75) is 27.6 Å². The van der Waals surface area contributed by atoms with Gasteiger partial charge in [0.05, 0.1) is 0 Å². The average Bonchev–Trinajstić information content (AvgIpc) is 1.62. The van der Waals surface area contributed by atoms with Crippen LogP contribution < -0.4 is 0 Å². The fourth-order valence-corrected chi connectivity index (χ4v) is 0. The van der Waals surface area contributed by atoms with E-state index >= 15 is 0 Å². The van der Waals surface area contributed by atoms with Crippen LogP contribution >= 0.6 is 0 Å². The van der Waals surface area contributed by atoms with Crippen LogP contribution in [0.4, 0.5) is 0 Å². The van der Waals surface area contributed by atoms with Crippen LogP contribution in [-0.4, -0.2) is 0 Å². The van der Waals surface area contributed by atoms with Gasteiger partial charge in [-0.25, -0.2) is 0 Å². The Kier molecular flexibility index (Phi) is 0.868. The van der Waals surface area contributed by atoms with E-state index in [0.29, 0.717) is 0 Å². The summed E-state index contributed by atoms with van der Waals surface area (Å²) >= 11 is 0. The van der Waals surface area contributed by atoms with Gasteiger partial charge in [-0.3, -0.25) is 0 Å². The summed E-state index contributed by atoms with van der Waals surface area (Å²) in [5.74, 6) is 0.0648. The third-order valence-corrected chi connectivity index (χ3v) is 1.00. The first-order valence-electron chi connectivity index (χ1n) is 3.85. The Bertz CT molecular complexity index is 82.8. The Balaban J connectivity index is 3.88. The van der Waals surface area contributed by atoms with Crippen molar-refractivity contribution in [3.05, 3.63) is 0 Å². The second-order valence-electron chi connectivity index (χ2n) is 2.03. The van der Waals surface area contributed by atoms with Gasteiger partial charge in [0, 0.05) is 4.11 Å². The fourth-order valence-electron chi connectivity index (χ4n) is 0. The molecule has 0 aliphatic carbocycles. The third kappa shape index (κ3) is 2.25. The molecule has 0 rings (SSSR count). The first kappa shape index (κ1) is 2.34. The normalized spacial score (nSPS) is 25.0. The molecule has 0 heteroatoms. The highest BCUT2D eigenvalue weighted by molar-refractivity contribution is 4.46. The quantitative estimate of drug-likeness (QED) is 0.462. The Morgan fingerprint density at radius 2 is 1.67 bits per heavy atom. The van der Waals surface area contributed by atoms with Gasteiger partial charge in [-0.15, -0.1) is 0 Å². The molecule has 1 unspecified atom stereocenters. The summed E-state index contributed by atoms with van der Waals surface area (Å²) in [6, 6.07) is 0. The minimum atomic E-state index is -1.77. The maximum atomic E-state index is 7.00. The smallest absolute Gasteiger partial charge is 0.0233 e. The van der Waals surface area contributed by atoms with Crippen molar-refractivity contribution in [1.82, 2.24) is 0 Å². The van der Waals surface area contributed by atoms with E-state index < -0.39 is 6.85 Å². The van der Waals surface area contributed by atoms with E-state index in [0.717, 1.165) is 0 Å². The van der Waals surface area contributed by atoms with Gasteiger partial charge in [0.25, 0.3) is 0 Å². The highest BCUT2D eigenvalue weighted by atomic mass is 14.0. The standard InChI is InChI=1S/C6H14/c1-5(2)6(3)4/h5-6H,1-4H3/i1D3. The summed E-state index contributed by atoms with van der Waals surface area (Å²) in [5.41, 5.74) is 0. The van der Waals surface area contributed by atoms with Crippen molar-refractivity contribution in [3.8, 4) is 0 Å². The van der Waals surface area contributed by atoms with E-state index in [2.05, 4.69) is 0 Å². The lowest BCUT2D eigenvalue weighted by Crippen LogP contribution is -1.95. The summed E-state index contributed by atoms with van der Waals surface area (Å²) in [7, 11) is 0. The fraction of sp³-hybridized carbons (Fsp3) is 1.00. The molecule has 0 aliphatic heterocycles. The van der Waals surface area contributed by atoms with Crippen molar-refractivity contribution in [2.24, 2.45) is 11.8 Å². The van der Waals surface area contributed by atoms with Crippen molar-refractivity contribution < 1.29 is 4.11 Å². The van der Waals surface area contributed by atoms with Crippen LogP contribution in [0.5, 0.6) is 0 Å². The molecule has 0 N–H and O–H groups in total. The molecular formula is C6H14. The van der Waals surface area contributed by atoms with Gasteiger partial charge in [0.1, 0.15) is 0 Å². The van der Waals surface area contributed by atoms with Gasteiger partial charge in [0.15, 0.2) is 0 Å². The first-order chi connectivity index (χ1) is 3.85. The molecule has 0 saturated carbocycles. The van der Waals surface area contributed by atoms with Crippen LogP contribution in [0.1, 0.15) is 31.7 Å². The van der Waals surface area contributed by atoms with E-state index in [9.17, 15) is 0 Å². The molecule has 0 bridgehead atoms.